The van der Waals surface area contributed by atoms with Crippen molar-refractivity contribution in [3.05, 3.63) is 35.9 Å². The molecule has 7 heteroatoms. The molecule has 122 valence electrons. The summed E-state index contributed by atoms with van der Waals surface area (Å²) in [5.74, 6) is 1.65. The first-order valence-corrected chi connectivity index (χ1v) is 7.63. The van der Waals surface area contributed by atoms with Crippen LogP contribution >= 0.6 is 0 Å². The van der Waals surface area contributed by atoms with Gasteiger partial charge in [-0.2, -0.15) is 5.10 Å². The minimum Gasteiger partial charge on any atom is -0.493 e. The number of likely N-dealkylation sites (tertiary alicyclic amines) is 1. The summed E-state index contributed by atoms with van der Waals surface area (Å²) in [4.78, 5) is 19.1. The number of H-pyrrole nitrogens is 1. The second-order valence-electron chi connectivity index (χ2n) is 5.42. The average Bonchev–Trinajstić information content (AvgIpc) is 3.14. The summed E-state index contributed by atoms with van der Waals surface area (Å²) in [6, 6.07) is 5.24. The molecular formula is C16H20N4O3. The van der Waals surface area contributed by atoms with E-state index < -0.39 is 0 Å². The van der Waals surface area contributed by atoms with Crippen molar-refractivity contribution in [2.24, 2.45) is 0 Å². The fourth-order valence-corrected chi connectivity index (χ4v) is 3.04. The van der Waals surface area contributed by atoms with E-state index in [0.717, 1.165) is 25.1 Å². The van der Waals surface area contributed by atoms with Crippen LogP contribution in [0.2, 0.25) is 0 Å². The number of methoxy groups -OCH3 is 2. The van der Waals surface area contributed by atoms with E-state index in [2.05, 4.69) is 15.2 Å². The maximum Gasteiger partial charge on any atom is 0.258 e. The lowest BCUT2D eigenvalue weighted by Crippen LogP contribution is -2.39. The molecule has 1 aromatic heterocycles. The molecule has 1 aliphatic rings. The third-order valence-electron chi connectivity index (χ3n) is 4.15. The molecule has 2 aromatic rings. The number of aromatic nitrogens is 3. The van der Waals surface area contributed by atoms with E-state index in [1.807, 2.05) is 4.90 Å². The van der Waals surface area contributed by atoms with Gasteiger partial charge >= 0.3 is 0 Å². The fourth-order valence-electron chi connectivity index (χ4n) is 3.04. The molecule has 1 aromatic carbocycles. The third kappa shape index (κ3) is 2.86. The van der Waals surface area contributed by atoms with Gasteiger partial charge in [0.15, 0.2) is 11.5 Å². The maximum absolute atomic E-state index is 13.1. The highest BCUT2D eigenvalue weighted by Crippen LogP contribution is 2.35. The summed E-state index contributed by atoms with van der Waals surface area (Å²) in [6.45, 7) is 0.685. The zero-order chi connectivity index (χ0) is 16.2. The summed E-state index contributed by atoms with van der Waals surface area (Å²) in [6.07, 6.45) is 4.37. The van der Waals surface area contributed by atoms with Crippen LogP contribution in [0.15, 0.2) is 24.5 Å². The molecule has 1 saturated heterocycles. The molecule has 1 fully saturated rings. The summed E-state index contributed by atoms with van der Waals surface area (Å²) < 4.78 is 10.7. The number of piperidine rings is 1. The summed E-state index contributed by atoms with van der Waals surface area (Å²) in [5.41, 5.74) is 0.498. The van der Waals surface area contributed by atoms with Gasteiger partial charge in [-0.15, -0.1) is 0 Å². The number of nitrogens with zero attached hydrogens (tertiary/aromatic N) is 3. The van der Waals surface area contributed by atoms with Crippen molar-refractivity contribution in [2.75, 3.05) is 20.8 Å². The van der Waals surface area contributed by atoms with Crippen LogP contribution in [0.3, 0.4) is 0 Å². The molecule has 1 amide bonds. The number of hydrogen-bond acceptors (Lipinski definition) is 5. The van der Waals surface area contributed by atoms with E-state index in [9.17, 15) is 4.79 Å². The minimum atomic E-state index is -0.0883. The van der Waals surface area contributed by atoms with Gasteiger partial charge in [0.2, 0.25) is 0 Å². The van der Waals surface area contributed by atoms with Crippen molar-refractivity contribution in [1.29, 1.82) is 0 Å². The number of carbonyl (C=O) groups is 1. The standard InChI is InChI=1S/C16H20N4O3/c1-22-13-8-5-6-11(14(13)23-2)16(21)20-9-4-3-7-12(20)15-17-10-18-19-15/h5-6,8,10,12H,3-4,7,9H2,1-2H3,(H,17,18,19). The van der Waals surface area contributed by atoms with Crippen LogP contribution in [0, 0.1) is 0 Å². The zero-order valence-corrected chi connectivity index (χ0v) is 13.3. The van der Waals surface area contributed by atoms with Crippen molar-refractivity contribution in [3.8, 4) is 11.5 Å². The normalized spacial score (nSPS) is 17.8. The van der Waals surface area contributed by atoms with Crippen LogP contribution in [0.4, 0.5) is 0 Å². The summed E-state index contributed by atoms with van der Waals surface area (Å²) >= 11 is 0. The Kier molecular flexibility index (Phi) is 4.45. The quantitative estimate of drug-likeness (QED) is 0.935. The Balaban J connectivity index is 1.95. The summed E-state index contributed by atoms with van der Waals surface area (Å²) in [7, 11) is 3.10. The van der Waals surface area contributed by atoms with Gasteiger partial charge in [0.05, 0.1) is 25.8 Å². The second-order valence-corrected chi connectivity index (χ2v) is 5.42. The number of ether oxygens (including phenoxy) is 2. The molecule has 1 aliphatic heterocycles. The van der Waals surface area contributed by atoms with Gasteiger partial charge in [0.1, 0.15) is 12.2 Å². The number of benzene rings is 1. The highest BCUT2D eigenvalue weighted by Gasteiger charge is 2.32. The molecule has 0 spiro atoms. The number of nitrogens with one attached hydrogen (secondary N) is 1. The SMILES string of the molecule is COc1cccc(C(=O)N2CCCCC2c2ncn[nH]2)c1OC. The van der Waals surface area contributed by atoms with Crippen LogP contribution < -0.4 is 9.47 Å². The first-order valence-electron chi connectivity index (χ1n) is 7.63. The zero-order valence-electron chi connectivity index (χ0n) is 13.3. The Labute approximate surface area is 134 Å². The lowest BCUT2D eigenvalue weighted by molar-refractivity contribution is 0.0596. The average molecular weight is 316 g/mol. The van der Waals surface area contributed by atoms with Crippen LogP contribution in [0.25, 0.3) is 0 Å². The Morgan fingerprint density at radius 1 is 1.30 bits per heavy atom. The summed E-state index contributed by atoms with van der Waals surface area (Å²) in [5, 5.41) is 6.79. The van der Waals surface area contributed by atoms with Gasteiger partial charge in [-0.1, -0.05) is 6.07 Å². The van der Waals surface area contributed by atoms with E-state index in [1.165, 1.54) is 6.33 Å². The molecule has 7 nitrogen and oxygen atoms in total. The first-order chi connectivity index (χ1) is 11.3. The predicted octanol–water partition coefficient (Wildman–Crippen LogP) is 2.19. The van der Waals surface area contributed by atoms with Crippen molar-refractivity contribution >= 4 is 5.91 Å². The number of para-hydroxylation sites is 1. The van der Waals surface area contributed by atoms with Gasteiger partial charge in [0.25, 0.3) is 5.91 Å². The van der Waals surface area contributed by atoms with Gasteiger partial charge in [-0.25, -0.2) is 4.98 Å². The predicted molar refractivity (Wildman–Crippen MR) is 83.6 cm³/mol. The molecule has 0 saturated carbocycles. The Hall–Kier alpha value is -2.57. The number of aromatic amines is 1. The number of amides is 1. The Morgan fingerprint density at radius 2 is 2.17 bits per heavy atom. The minimum absolute atomic E-state index is 0.0816. The first kappa shape index (κ1) is 15.3. The molecule has 0 radical (unpaired) electrons. The van der Waals surface area contributed by atoms with Crippen LogP contribution in [0.1, 0.15) is 41.5 Å². The van der Waals surface area contributed by atoms with E-state index in [4.69, 9.17) is 9.47 Å². The van der Waals surface area contributed by atoms with Crippen molar-refractivity contribution in [3.63, 3.8) is 0 Å². The van der Waals surface area contributed by atoms with Gasteiger partial charge in [-0.3, -0.25) is 9.89 Å². The molecule has 1 atom stereocenters. The maximum atomic E-state index is 13.1. The molecule has 0 aliphatic carbocycles. The lowest BCUT2D eigenvalue weighted by atomic mass is 10.00. The number of carbonyl (C=O) groups excluding carboxylic acids is 1. The molecule has 0 bridgehead atoms. The molecular weight excluding hydrogens is 296 g/mol. The molecule has 1 N–H and O–H groups in total. The smallest absolute Gasteiger partial charge is 0.258 e. The van der Waals surface area contributed by atoms with E-state index in [-0.39, 0.29) is 11.9 Å². The van der Waals surface area contributed by atoms with Crippen LogP contribution in [-0.4, -0.2) is 46.8 Å². The van der Waals surface area contributed by atoms with Crippen molar-refractivity contribution in [2.45, 2.75) is 25.3 Å². The van der Waals surface area contributed by atoms with E-state index >= 15 is 0 Å². The molecule has 3 rings (SSSR count). The number of hydrogen-bond donors (Lipinski definition) is 1. The lowest BCUT2D eigenvalue weighted by Gasteiger charge is -2.34. The number of rotatable bonds is 4. The highest BCUT2D eigenvalue weighted by molar-refractivity contribution is 5.98. The molecule has 23 heavy (non-hydrogen) atoms. The highest BCUT2D eigenvalue weighted by atomic mass is 16.5. The van der Waals surface area contributed by atoms with Crippen LogP contribution in [0.5, 0.6) is 11.5 Å². The van der Waals surface area contributed by atoms with E-state index in [1.54, 1.807) is 32.4 Å². The Bertz CT molecular complexity index is 672. The van der Waals surface area contributed by atoms with Crippen molar-refractivity contribution < 1.29 is 14.3 Å². The van der Waals surface area contributed by atoms with E-state index in [0.29, 0.717) is 23.6 Å². The molecule has 2 heterocycles. The largest absolute Gasteiger partial charge is 0.493 e. The van der Waals surface area contributed by atoms with Gasteiger partial charge in [-0.05, 0) is 31.4 Å². The van der Waals surface area contributed by atoms with Crippen molar-refractivity contribution in [1.82, 2.24) is 20.1 Å². The second kappa shape index (κ2) is 6.68. The Morgan fingerprint density at radius 3 is 2.87 bits per heavy atom. The van der Waals surface area contributed by atoms with Crippen LogP contribution in [-0.2, 0) is 0 Å². The topological polar surface area (TPSA) is 80.3 Å². The fraction of sp³-hybridized carbons (Fsp3) is 0.438. The van der Waals surface area contributed by atoms with Gasteiger partial charge in [0, 0.05) is 6.54 Å². The van der Waals surface area contributed by atoms with Gasteiger partial charge < -0.3 is 14.4 Å². The monoisotopic (exact) mass is 316 g/mol. The third-order valence-corrected chi connectivity index (χ3v) is 4.15. The molecule has 1 unspecified atom stereocenters.